The minimum atomic E-state index is -3.37. The van der Waals surface area contributed by atoms with E-state index in [4.69, 9.17) is 28.3 Å². The molecule has 0 unspecified atom stereocenters. The van der Waals surface area contributed by atoms with E-state index in [0.717, 1.165) is 45.9 Å². The quantitative estimate of drug-likeness (QED) is 0.191. The molecule has 1 aromatic heterocycles. The Bertz CT molecular complexity index is 1430. The van der Waals surface area contributed by atoms with Crippen molar-refractivity contribution >= 4 is 67.5 Å². The van der Waals surface area contributed by atoms with Crippen molar-refractivity contribution in [3.8, 4) is 5.75 Å². The monoisotopic (exact) mass is 577 g/mol. The predicted octanol–water partition coefficient (Wildman–Crippen LogP) is 7.39. The van der Waals surface area contributed by atoms with Crippen LogP contribution in [0.25, 0.3) is 21.8 Å². The molecule has 0 spiro atoms. The molecule has 0 aliphatic heterocycles. The number of nitrogens with zero attached hydrogens (tertiary/aromatic N) is 1. The average Bonchev–Trinajstić information content (AvgIpc) is 3.45. The van der Waals surface area contributed by atoms with Crippen LogP contribution < -0.4 is 14.8 Å². The third-order valence-corrected chi connectivity index (χ3v) is 5.61. The first-order chi connectivity index (χ1) is 17.4. The SMILES string of the molecule is C1=CCC=C1.COc1cc(NS(C)(=O)=O)ccc1Nc1c2ccccc2nc2ccccc12.[Cl][Ti][Cl]. The first-order valence-electron chi connectivity index (χ1n) is 10.8. The van der Waals surface area contributed by atoms with E-state index in [1.807, 2.05) is 48.5 Å². The number of allylic oxidation sites excluding steroid dienone is 4. The van der Waals surface area contributed by atoms with E-state index in [9.17, 15) is 8.42 Å². The summed E-state index contributed by atoms with van der Waals surface area (Å²) in [6.45, 7) is 0. The Balaban J connectivity index is 0.000000389. The number of anilines is 3. The Hall–Kier alpha value is -2.55. The van der Waals surface area contributed by atoms with Crippen LogP contribution >= 0.6 is 18.6 Å². The number of rotatable bonds is 5. The molecule has 186 valence electrons. The zero-order chi connectivity index (χ0) is 26.0. The Morgan fingerprint density at radius 2 is 1.47 bits per heavy atom. The van der Waals surface area contributed by atoms with E-state index >= 15 is 0 Å². The molecule has 0 saturated carbocycles. The third kappa shape index (κ3) is 7.98. The molecule has 5 rings (SSSR count). The van der Waals surface area contributed by atoms with Gasteiger partial charge in [0.15, 0.2) is 0 Å². The number of ether oxygens (including phenoxy) is 1. The summed E-state index contributed by atoms with van der Waals surface area (Å²) < 4.78 is 30.9. The van der Waals surface area contributed by atoms with Gasteiger partial charge in [-0.25, -0.2) is 13.4 Å². The molecule has 0 saturated heterocycles. The van der Waals surface area contributed by atoms with E-state index in [2.05, 4.69) is 34.3 Å². The number of para-hydroxylation sites is 2. The number of halogens is 2. The Labute approximate surface area is 228 Å². The second-order valence-electron chi connectivity index (χ2n) is 7.60. The van der Waals surface area contributed by atoms with Crippen molar-refractivity contribution < 1.29 is 30.2 Å². The van der Waals surface area contributed by atoms with Gasteiger partial charge in [-0.05, 0) is 30.7 Å². The molecule has 4 aromatic rings. The summed E-state index contributed by atoms with van der Waals surface area (Å²) in [7, 11) is 7.96. The van der Waals surface area contributed by atoms with Crippen molar-refractivity contribution in [3.05, 3.63) is 91.0 Å². The van der Waals surface area contributed by atoms with Gasteiger partial charge >= 0.3 is 35.6 Å². The van der Waals surface area contributed by atoms with Crippen molar-refractivity contribution in [2.24, 2.45) is 0 Å². The van der Waals surface area contributed by atoms with Crippen LogP contribution in [0.1, 0.15) is 6.42 Å². The molecule has 3 aromatic carbocycles. The summed E-state index contributed by atoms with van der Waals surface area (Å²) in [6.07, 6.45) is 10.6. The predicted molar refractivity (Wildman–Crippen MR) is 149 cm³/mol. The van der Waals surface area contributed by atoms with Gasteiger partial charge in [-0.15, -0.1) is 0 Å². The standard InChI is InChI=1S/C21H19N3O3S.C5H6.2ClH.Ti/c1-27-20-13-14(24-28(2,25)26)11-12-19(20)23-21-15-7-3-5-9-17(15)22-18-10-6-4-8-16(18)21;1-2-4-5-3-1;;;/h3-13,24H,1-2H3,(H,22,23);1-4H,5H2;2*1H;/q;;;;+2/p-2. The van der Waals surface area contributed by atoms with E-state index < -0.39 is 27.1 Å². The molecular formula is C26H25Cl2N3O3STi. The number of fused-ring (bicyclic) bond motifs is 2. The van der Waals surface area contributed by atoms with Crippen LogP contribution in [0.4, 0.5) is 17.1 Å². The normalized spacial score (nSPS) is 11.8. The summed E-state index contributed by atoms with van der Waals surface area (Å²) >= 11 is -0.556. The van der Waals surface area contributed by atoms with Crippen molar-refractivity contribution in [1.29, 1.82) is 0 Å². The Kier molecular flexibility index (Phi) is 10.6. The third-order valence-electron chi connectivity index (χ3n) is 5.01. The number of aromatic nitrogens is 1. The molecule has 0 bridgehead atoms. The number of pyridine rings is 1. The van der Waals surface area contributed by atoms with E-state index in [-0.39, 0.29) is 0 Å². The second-order valence-corrected chi connectivity index (χ2v) is 11.9. The fourth-order valence-electron chi connectivity index (χ4n) is 3.57. The van der Waals surface area contributed by atoms with Crippen molar-refractivity contribution in [3.63, 3.8) is 0 Å². The topological polar surface area (TPSA) is 80.3 Å². The molecule has 1 heterocycles. The fraction of sp³-hybridized carbons (Fsp3) is 0.115. The maximum atomic E-state index is 11.5. The van der Waals surface area contributed by atoms with Gasteiger partial charge in [0.05, 0.1) is 41.5 Å². The molecule has 1 aliphatic rings. The van der Waals surface area contributed by atoms with Crippen molar-refractivity contribution in [2.75, 3.05) is 23.4 Å². The summed E-state index contributed by atoms with van der Waals surface area (Å²) in [4.78, 5) is 4.73. The molecule has 0 atom stereocenters. The van der Waals surface area contributed by atoms with Gasteiger partial charge in [0, 0.05) is 16.8 Å². The zero-order valence-electron chi connectivity index (χ0n) is 19.7. The molecule has 6 nitrogen and oxygen atoms in total. The maximum absolute atomic E-state index is 11.5. The summed E-state index contributed by atoms with van der Waals surface area (Å²) in [6, 6.07) is 21.0. The summed E-state index contributed by atoms with van der Waals surface area (Å²) in [5, 5.41) is 5.43. The van der Waals surface area contributed by atoms with Crippen LogP contribution in [-0.2, 0) is 27.1 Å². The number of sulfonamides is 1. The van der Waals surface area contributed by atoms with Gasteiger partial charge < -0.3 is 10.1 Å². The second kappa shape index (κ2) is 13.7. The van der Waals surface area contributed by atoms with Gasteiger partial charge in [-0.1, -0.05) is 60.7 Å². The van der Waals surface area contributed by atoms with Gasteiger partial charge in [0.2, 0.25) is 10.0 Å². The summed E-state index contributed by atoms with van der Waals surface area (Å²) in [5.74, 6) is 0.527. The van der Waals surface area contributed by atoms with Gasteiger partial charge in [0.25, 0.3) is 0 Å². The van der Waals surface area contributed by atoms with Gasteiger partial charge in [0.1, 0.15) is 5.75 Å². The average molecular weight is 578 g/mol. The van der Waals surface area contributed by atoms with Crippen LogP contribution in [0.15, 0.2) is 91.0 Å². The van der Waals surface area contributed by atoms with E-state index in [1.165, 1.54) is 0 Å². The number of hydrogen-bond acceptors (Lipinski definition) is 5. The minimum absolute atomic E-state index is 0.439. The molecule has 1 aliphatic carbocycles. The van der Waals surface area contributed by atoms with Crippen molar-refractivity contribution in [2.45, 2.75) is 6.42 Å². The van der Waals surface area contributed by atoms with Gasteiger partial charge in [-0.3, -0.25) is 4.72 Å². The molecule has 36 heavy (non-hydrogen) atoms. The number of methoxy groups -OCH3 is 1. The van der Waals surface area contributed by atoms with E-state index in [1.54, 1.807) is 25.3 Å². The first kappa shape index (κ1) is 28.0. The van der Waals surface area contributed by atoms with Crippen LogP contribution in [0.3, 0.4) is 0 Å². The van der Waals surface area contributed by atoms with Crippen molar-refractivity contribution in [1.82, 2.24) is 4.98 Å². The van der Waals surface area contributed by atoms with Gasteiger partial charge in [-0.2, -0.15) is 0 Å². The molecular weight excluding hydrogens is 553 g/mol. The molecule has 0 amide bonds. The summed E-state index contributed by atoms with van der Waals surface area (Å²) in [5.41, 5.74) is 3.86. The number of hydrogen-bond donors (Lipinski definition) is 2. The number of benzene rings is 3. The molecule has 0 radical (unpaired) electrons. The van der Waals surface area contributed by atoms with Crippen LogP contribution in [0.5, 0.6) is 5.75 Å². The number of nitrogens with one attached hydrogen (secondary N) is 2. The Morgan fingerprint density at radius 1 is 0.917 bits per heavy atom. The molecule has 2 N–H and O–H groups in total. The zero-order valence-corrected chi connectivity index (χ0v) is 23.6. The van der Waals surface area contributed by atoms with Crippen LogP contribution in [0, 0.1) is 0 Å². The van der Waals surface area contributed by atoms with Crippen LogP contribution in [0.2, 0.25) is 0 Å². The molecule has 10 heteroatoms. The van der Waals surface area contributed by atoms with E-state index in [0.29, 0.717) is 11.4 Å². The first-order valence-corrected chi connectivity index (χ1v) is 17.0. The fourth-order valence-corrected chi connectivity index (χ4v) is 4.13. The molecule has 0 fully saturated rings. The Morgan fingerprint density at radius 3 is 1.94 bits per heavy atom. The van der Waals surface area contributed by atoms with Crippen LogP contribution in [-0.4, -0.2) is 26.8 Å².